The summed E-state index contributed by atoms with van der Waals surface area (Å²) in [7, 11) is 0. The number of alkyl halides is 3. The third-order valence-electron chi connectivity index (χ3n) is 3.84. The molecule has 0 spiro atoms. The van der Waals surface area contributed by atoms with Gasteiger partial charge in [-0.2, -0.15) is 13.2 Å². The number of anilines is 3. The largest absolute Gasteiger partial charge is 0.490 e. The fraction of sp³-hybridized carbons (Fsp3) is 0.0526. The smallest absolute Gasteiger partial charge is 0.475 e. The third kappa shape index (κ3) is 5.01. The number of carboxylic acid groups (broad SMARTS) is 1. The van der Waals surface area contributed by atoms with Crippen molar-refractivity contribution in [3.63, 3.8) is 0 Å². The number of aliphatic carboxylic acids is 1. The number of carboxylic acids is 1. The summed E-state index contributed by atoms with van der Waals surface area (Å²) in [5, 5.41) is 11.5. The second-order valence-corrected chi connectivity index (χ2v) is 5.93. The molecule has 1 aromatic carbocycles. The molecule has 3 aromatic heterocycles. The van der Waals surface area contributed by atoms with Gasteiger partial charge >= 0.3 is 12.1 Å². The number of benzene rings is 1. The molecule has 0 saturated carbocycles. The maximum Gasteiger partial charge on any atom is 0.490 e. The van der Waals surface area contributed by atoms with E-state index in [1.807, 2.05) is 42.6 Å². The van der Waals surface area contributed by atoms with Crippen LogP contribution in [0.4, 0.5) is 30.5 Å². The Morgan fingerprint density at radius 1 is 1.13 bits per heavy atom. The molecule has 4 aromatic rings. The van der Waals surface area contributed by atoms with Crippen LogP contribution in [-0.2, 0) is 4.79 Å². The van der Waals surface area contributed by atoms with Gasteiger partial charge in [0.25, 0.3) is 0 Å². The predicted octanol–water partition coefficient (Wildman–Crippen LogP) is 3.98. The molecular weight excluding hydrogens is 401 g/mol. The Bertz CT molecular complexity index is 1160. The molecule has 154 valence electrons. The molecule has 0 aliphatic carbocycles. The number of aromatic amines is 1. The number of nitrogens with zero attached hydrogens (tertiary/aromatic N) is 3. The van der Waals surface area contributed by atoms with Gasteiger partial charge in [-0.3, -0.25) is 4.98 Å². The number of fused-ring (bicyclic) bond motifs is 1. The maximum atomic E-state index is 10.6. The number of pyridine rings is 1. The van der Waals surface area contributed by atoms with Crippen LogP contribution < -0.4 is 11.1 Å². The fourth-order valence-electron chi connectivity index (χ4n) is 2.42. The van der Waals surface area contributed by atoms with Crippen LogP contribution in [0.2, 0.25) is 0 Å². The topological polar surface area (TPSA) is 130 Å². The van der Waals surface area contributed by atoms with Crippen LogP contribution in [0.1, 0.15) is 0 Å². The van der Waals surface area contributed by atoms with Crippen molar-refractivity contribution < 1.29 is 23.1 Å². The van der Waals surface area contributed by atoms with Crippen molar-refractivity contribution in [2.45, 2.75) is 6.18 Å². The Hall–Kier alpha value is -4.15. The van der Waals surface area contributed by atoms with Crippen LogP contribution >= 0.6 is 0 Å². The van der Waals surface area contributed by atoms with Crippen molar-refractivity contribution in [1.29, 1.82) is 0 Å². The summed E-state index contributed by atoms with van der Waals surface area (Å²) < 4.78 is 31.7. The number of nitrogen functional groups attached to an aromatic ring is 1. The number of rotatable bonds is 3. The van der Waals surface area contributed by atoms with Gasteiger partial charge in [0.05, 0.1) is 11.9 Å². The molecular formula is C19H15F3N6O2. The highest BCUT2D eigenvalue weighted by Gasteiger charge is 2.38. The van der Waals surface area contributed by atoms with E-state index in [-0.39, 0.29) is 0 Å². The van der Waals surface area contributed by atoms with Crippen LogP contribution in [0.5, 0.6) is 0 Å². The summed E-state index contributed by atoms with van der Waals surface area (Å²) in [4.78, 5) is 24.9. The summed E-state index contributed by atoms with van der Waals surface area (Å²) >= 11 is 0. The van der Waals surface area contributed by atoms with Gasteiger partial charge in [0.1, 0.15) is 0 Å². The number of halogens is 3. The molecule has 0 bridgehead atoms. The van der Waals surface area contributed by atoms with E-state index in [1.165, 1.54) is 0 Å². The zero-order valence-corrected chi connectivity index (χ0v) is 15.2. The second-order valence-electron chi connectivity index (χ2n) is 5.93. The molecule has 3 heterocycles. The number of aromatic nitrogens is 4. The van der Waals surface area contributed by atoms with Crippen LogP contribution in [0.15, 0.2) is 61.2 Å². The highest BCUT2D eigenvalue weighted by atomic mass is 19.4. The van der Waals surface area contributed by atoms with Crippen molar-refractivity contribution >= 4 is 34.2 Å². The zero-order chi connectivity index (χ0) is 21.7. The number of hydrogen-bond donors (Lipinski definition) is 4. The average molecular weight is 416 g/mol. The second kappa shape index (κ2) is 8.47. The van der Waals surface area contributed by atoms with Crippen molar-refractivity contribution in [3.8, 4) is 11.3 Å². The number of hydrogen-bond acceptors (Lipinski definition) is 6. The first kappa shape index (κ1) is 20.6. The van der Waals surface area contributed by atoms with E-state index in [0.29, 0.717) is 11.6 Å². The molecule has 0 aliphatic heterocycles. The SMILES string of the molecule is Nc1ncc(-c2ccncc2)nc1Nc1ccc2[nH]ccc2c1.O=C(O)C(F)(F)F. The van der Waals surface area contributed by atoms with E-state index in [9.17, 15) is 13.2 Å². The Labute approximate surface area is 167 Å². The first-order valence-corrected chi connectivity index (χ1v) is 8.41. The van der Waals surface area contributed by atoms with E-state index in [4.69, 9.17) is 15.6 Å². The fourth-order valence-corrected chi connectivity index (χ4v) is 2.42. The monoisotopic (exact) mass is 416 g/mol. The van der Waals surface area contributed by atoms with Gasteiger partial charge < -0.3 is 21.1 Å². The van der Waals surface area contributed by atoms with Gasteiger partial charge in [-0.1, -0.05) is 0 Å². The van der Waals surface area contributed by atoms with E-state index in [2.05, 4.69) is 25.3 Å². The molecule has 4 rings (SSSR count). The molecule has 0 fully saturated rings. The van der Waals surface area contributed by atoms with Crippen LogP contribution in [0.25, 0.3) is 22.2 Å². The van der Waals surface area contributed by atoms with Gasteiger partial charge in [0.15, 0.2) is 11.6 Å². The molecule has 0 unspecified atom stereocenters. The van der Waals surface area contributed by atoms with Crippen LogP contribution in [-0.4, -0.2) is 37.2 Å². The van der Waals surface area contributed by atoms with Gasteiger partial charge in [0, 0.05) is 40.7 Å². The Balaban J connectivity index is 0.000000318. The molecule has 30 heavy (non-hydrogen) atoms. The zero-order valence-electron chi connectivity index (χ0n) is 15.2. The molecule has 8 nitrogen and oxygen atoms in total. The van der Waals surface area contributed by atoms with Gasteiger partial charge in [-0.25, -0.2) is 14.8 Å². The number of nitrogens with two attached hydrogens (primary N) is 1. The third-order valence-corrected chi connectivity index (χ3v) is 3.84. The quantitative estimate of drug-likeness (QED) is 0.397. The van der Waals surface area contributed by atoms with Crippen molar-refractivity contribution in [1.82, 2.24) is 19.9 Å². The molecule has 0 atom stereocenters. The predicted molar refractivity (Wildman–Crippen MR) is 105 cm³/mol. The molecule has 0 saturated heterocycles. The molecule has 11 heteroatoms. The number of H-pyrrole nitrogens is 1. The summed E-state index contributed by atoms with van der Waals surface area (Å²) in [5.41, 5.74) is 9.63. The Morgan fingerprint density at radius 3 is 2.50 bits per heavy atom. The Kier molecular flexibility index (Phi) is 5.81. The minimum Gasteiger partial charge on any atom is -0.475 e. The van der Waals surface area contributed by atoms with Crippen LogP contribution in [0, 0.1) is 0 Å². The minimum absolute atomic E-state index is 0.358. The minimum atomic E-state index is -5.08. The van der Waals surface area contributed by atoms with E-state index < -0.39 is 12.1 Å². The molecule has 0 amide bonds. The highest BCUT2D eigenvalue weighted by molar-refractivity contribution is 5.84. The first-order chi connectivity index (χ1) is 14.2. The lowest BCUT2D eigenvalue weighted by Gasteiger charge is -2.10. The highest BCUT2D eigenvalue weighted by Crippen LogP contribution is 2.25. The lowest BCUT2D eigenvalue weighted by Crippen LogP contribution is -2.21. The van der Waals surface area contributed by atoms with Crippen LogP contribution in [0.3, 0.4) is 0 Å². The standard InChI is InChI=1S/C17H14N6.C2HF3O2/c18-16-17(22-13-1-2-14-12(9-13)5-8-20-14)23-15(10-21-16)11-3-6-19-7-4-11;3-2(4,5)1(6)7/h1-10,20H,(H2,18,21)(H,22,23);(H,6,7). The number of carbonyl (C=O) groups is 1. The van der Waals surface area contributed by atoms with Gasteiger partial charge in [-0.15, -0.1) is 0 Å². The lowest BCUT2D eigenvalue weighted by molar-refractivity contribution is -0.192. The summed E-state index contributed by atoms with van der Waals surface area (Å²) in [6.07, 6.45) is 1.93. The van der Waals surface area contributed by atoms with E-state index >= 15 is 0 Å². The lowest BCUT2D eigenvalue weighted by atomic mass is 10.2. The van der Waals surface area contributed by atoms with Crippen molar-refractivity contribution in [2.24, 2.45) is 0 Å². The maximum absolute atomic E-state index is 10.6. The molecule has 0 radical (unpaired) electrons. The van der Waals surface area contributed by atoms with Gasteiger partial charge in [0.2, 0.25) is 0 Å². The van der Waals surface area contributed by atoms with Crippen molar-refractivity contribution in [3.05, 3.63) is 61.2 Å². The average Bonchev–Trinajstić information content (AvgIpc) is 3.18. The summed E-state index contributed by atoms with van der Waals surface area (Å²) in [6.45, 7) is 0. The summed E-state index contributed by atoms with van der Waals surface area (Å²) in [6, 6.07) is 11.8. The van der Waals surface area contributed by atoms with E-state index in [1.54, 1.807) is 18.6 Å². The molecule has 0 aliphatic rings. The normalized spacial score (nSPS) is 10.9. The van der Waals surface area contributed by atoms with Crippen molar-refractivity contribution in [2.75, 3.05) is 11.1 Å². The van der Waals surface area contributed by atoms with Gasteiger partial charge in [-0.05, 0) is 36.4 Å². The Morgan fingerprint density at radius 2 is 1.83 bits per heavy atom. The number of nitrogens with one attached hydrogen (secondary N) is 2. The molecule has 5 N–H and O–H groups in total. The summed E-state index contributed by atoms with van der Waals surface area (Å²) in [5.74, 6) is -1.86. The van der Waals surface area contributed by atoms with E-state index in [0.717, 1.165) is 27.8 Å². The first-order valence-electron chi connectivity index (χ1n) is 8.41.